The van der Waals surface area contributed by atoms with E-state index in [1.807, 2.05) is 36.6 Å². The van der Waals surface area contributed by atoms with Gasteiger partial charge in [0.05, 0.1) is 0 Å². The van der Waals surface area contributed by atoms with Gasteiger partial charge in [-0.2, -0.15) is 11.8 Å². The highest BCUT2D eigenvalue weighted by Crippen LogP contribution is 2.12. The van der Waals surface area contributed by atoms with E-state index in [4.69, 9.17) is 4.74 Å². The molecule has 0 heterocycles. The lowest BCUT2D eigenvalue weighted by molar-refractivity contribution is -0.158. The van der Waals surface area contributed by atoms with Crippen molar-refractivity contribution in [2.45, 2.75) is 51.3 Å². The highest BCUT2D eigenvalue weighted by Gasteiger charge is 2.29. The smallest absolute Gasteiger partial charge is 0.329 e. The van der Waals surface area contributed by atoms with E-state index in [0.29, 0.717) is 25.0 Å². The van der Waals surface area contributed by atoms with Crippen LogP contribution in [0.4, 0.5) is 0 Å². The molecular formula is C19H28N2O4S. The fourth-order valence-electron chi connectivity index (χ4n) is 2.30. The molecule has 0 aliphatic heterocycles. The van der Waals surface area contributed by atoms with Crippen molar-refractivity contribution in [2.75, 3.05) is 12.0 Å². The van der Waals surface area contributed by atoms with Gasteiger partial charge in [-0.05, 0) is 44.8 Å². The highest BCUT2D eigenvalue weighted by molar-refractivity contribution is 7.98. The summed E-state index contributed by atoms with van der Waals surface area (Å²) in [5, 5.41) is 5.25. The number of carbonyl (C=O) groups is 3. The molecule has 0 bridgehead atoms. The van der Waals surface area contributed by atoms with Crippen LogP contribution < -0.4 is 10.6 Å². The minimum absolute atomic E-state index is 0.317. The molecule has 6 nitrogen and oxygen atoms in total. The van der Waals surface area contributed by atoms with Gasteiger partial charge >= 0.3 is 5.97 Å². The molecule has 0 aliphatic carbocycles. The van der Waals surface area contributed by atoms with Crippen LogP contribution in [0.1, 0.15) is 32.8 Å². The van der Waals surface area contributed by atoms with E-state index in [0.717, 1.165) is 5.56 Å². The predicted molar refractivity (Wildman–Crippen MR) is 104 cm³/mol. The number of benzene rings is 1. The second-order valence-electron chi connectivity index (χ2n) is 6.90. The molecule has 2 amide bonds. The standard InChI is InChI=1S/C19H28N2O4S/c1-19(2,3)25-18(24)16(12-14-8-6-5-7-9-14)21-17(23)15(20-13-22)10-11-26-4/h5-9,13,15-16H,10-12H2,1-4H3,(H,20,22)(H,21,23). The summed E-state index contributed by atoms with van der Waals surface area (Å²) in [7, 11) is 0. The fourth-order valence-corrected chi connectivity index (χ4v) is 2.77. The number of nitrogens with one attached hydrogen (secondary N) is 2. The van der Waals surface area contributed by atoms with Crippen molar-refractivity contribution < 1.29 is 19.1 Å². The van der Waals surface area contributed by atoms with E-state index in [1.165, 1.54) is 0 Å². The van der Waals surface area contributed by atoms with Gasteiger partial charge in [0.2, 0.25) is 12.3 Å². The Morgan fingerprint density at radius 1 is 1.19 bits per heavy atom. The van der Waals surface area contributed by atoms with E-state index in [-0.39, 0.29) is 0 Å². The van der Waals surface area contributed by atoms with Crippen LogP contribution in [0.2, 0.25) is 0 Å². The Bertz CT molecular complexity index is 587. The van der Waals surface area contributed by atoms with Crippen molar-refractivity contribution in [1.82, 2.24) is 10.6 Å². The van der Waals surface area contributed by atoms with Crippen molar-refractivity contribution in [3.63, 3.8) is 0 Å². The van der Waals surface area contributed by atoms with E-state index >= 15 is 0 Å². The van der Waals surface area contributed by atoms with Gasteiger partial charge in [-0.25, -0.2) is 4.79 Å². The summed E-state index contributed by atoms with van der Waals surface area (Å²) in [6, 6.07) is 7.90. The maximum absolute atomic E-state index is 12.6. The van der Waals surface area contributed by atoms with Crippen molar-refractivity contribution in [3.05, 3.63) is 35.9 Å². The zero-order valence-electron chi connectivity index (χ0n) is 15.8. The van der Waals surface area contributed by atoms with Gasteiger partial charge < -0.3 is 15.4 Å². The third-order valence-corrected chi connectivity index (χ3v) is 4.13. The first-order valence-electron chi connectivity index (χ1n) is 8.52. The molecule has 0 saturated carbocycles. The Labute approximate surface area is 159 Å². The molecule has 7 heteroatoms. The van der Waals surface area contributed by atoms with Gasteiger partial charge in [0.15, 0.2) is 0 Å². The van der Waals surface area contributed by atoms with Crippen LogP contribution in [0, 0.1) is 0 Å². The van der Waals surface area contributed by atoms with E-state index < -0.39 is 29.6 Å². The quantitative estimate of drug-likeness (QED) is 0.479. The number of ether oxygens (including phenoxy) is 1. The van der Waals surface area contributed by atoms with Crippen LogP contribution >= 0.6 is 11.8 Å². The number of thioether (sulfide) groups is 1. The van der Waals surface area contributed by atoms with Crippen molar-refractivity contribution in [1.29, 1.82) is 0 Å². The minimum Gasteiger partial charge on any atom is -0.458 e. The summed E-state index contributed by atoms with van der Waals surface area (Å²) in [4.78, 5) is 35.9. The molecule has 1 aromatic carbocycles. The van der Waals surface area contributed by atoms with E-state index in [1.54, 1.807) is 32.5 Å². The van der Waals surface area contributed by atoms with E-state index in [9.17, 15) is 14.4 Å². The van der Waals surface area contributed by atoms with Crippen molar-refractivity contribution >= 4 is 30.0 Å². The third-order valence-electron chi connectivity index (χ3n) is 3.49. The first-order valence-corrected chi connectivity index (χ1v) is 9.92. The summed E-state index contributed by atoms with van der Waals surface area (Å²) >= 11 is 1.58. The first-order chi connectivity index (χ1) is 12.3. The molecule has 2 atom stereocenters. The largest absolute Gasteiger partial charge is 0.458 e. The van der Waals surface area contributed by atoms with Crippen molar-refractivity contribution in [2.24, 2.45) is 0 Å². The second kappa shape index (κ2) is 10.9. The average molecular weight is 381 g/mol. The summed E-state index contributed by atoms with van der Waals surface area (Å²) in [6.45, 7) is 5.34. The molecule has 144 valence electrons. The van der Waals surface area contributed by atoms with Gasteiger partial charge in [-0.15, -0.1) is 0 Å². The van der Waals surface area contributed by atoms with Crippen molar-refractivity contribution in [3.8, 4) is 0 Å². The number of hydrogen-bond acceptors (Lipinski definition) is 5. The molecule has 0 spiro atoms. The molecule has 1 aromatic rings. The summed E-state index contributed by atoms with van der Waals surface area (Å²) < 4.78 is 5.45. The SMILES string of the molecule is CSCCC(NC=O)C(=O)NC(Cc1ccccc1)C(=O)OC(C)(C)C. The van der Waals surface area contributed by atoms with Gasteiger partial charge in [-0.3, -0.25) is 9.59 Å². The molecule has 2 N–H and O–H groups in total. The number of rotatable bonds is 10. The Morgan fingerprint density at radius 2 is 1.85 bits per heavy atom. The van der Waals surface area contributed by atoms with E-state index in [2.05, 4.69) is 10.6 Å². The predicted octanol–water partition coefficient (Wildman–Crippen LogP) is 1.92. The maximum Gasteiger partial charge on any atom is 0.329 e. The Balaban J connectivity index is 2.90. The van der Waals surface area contributed by atoms with Gasteiger partial charge in [0.1, 0.15) is 17.7 Å². The lowest BCUT2D eigenvalue weighted by Gasteiger charge is -2.26. The highest BCUT2D eigenvalue weighted by atomic mass is 32.2. The number of carbonyl (C=O) groups excluding carboxylic acids is 3. The van der Waals surface area contributed by atoms with Crippen LogP contribution in [0.15, 0.2) is 30.3 Å². The Hall–Kier alpha value is -2.02. The van der Waals surface area contributed by atoms with Gasteiger partial charge in [0.25, 0.3) is 0 Å². The normalized spacial score (nSPS) is 13.4. The molecule has 26 heavy (non-hydrogen) atoms. The summed E-state index contributed by atoms with van der Waals surface area (Å²) in [6.07, 6.45) is 3.23. The monoisotopic (exact) mass is 380 g/mol. The second-order valence-corrected chi connectivity index (χ2v) is 7.89. The lowest BCUT2D eigenvalue weighted by Crippen LogP contribution is -2.52. The zero-order chi connectivity index (χ0) is 19.6. The lowest BCUT2D eigenvalue weighted by atomic mass is 10.0. The Morgan fingerprint density at radius 3 is 2.38 bits per heavy atom. The average Bonchev–Trinajstić information content (AvgIpc) is 2.57. The summed E-state index contributed by atoms with van der Waals surface area (Å²) in [5.74, 6) is -0.170. The molecule has 1 rings (SSSR count). The maximum atomic E-state index is 12.6. The van der Waals surface area contributed by atoms with Crippen LogP contribution in [0.25, 0.3) is 0 Å². The van der Waals surface area contributed by atoms with Gasteiger partial charge in [0, 0.05) is 6.42 Å². The minimum atomic E-state index is -0.825. The molecule has 0 aliphatic rings. The topological polar surface area (TPSA) is 84.5 Å². The summed E-state index contributed by atoms with van der Waals surface area (Å²) in [5.41, 5.74) is 0.253. The first kappa shape index (κ1) is 22.0. The third kappa shape index (κ3) is 8.38. The molecule has 0 fully saturated rings. The number of esters is 1. The molecule has 2 unspecified atom stereocenters. The Kier molecular flexibility index (Phi) is 9.19. The molecule has 0 aromatic heterocycles. The molecule has 0 radical (unpaired) electrons. The van der Waals surface area contributed by atoms with Crippen LogP contribution in [0.5, 0.6) is 0 Å². The number of hydrogen-bond donors (Lipinski definition) is 2. The van der Waals surface area contributed by atoms with Crippen LogP contribution in [0.3, 0.4) is 0 Å². The number of amides is 2. The van der Waals surface area contributed by atoms with Gasteiger partial charge in [-0.1, -0.05) is 30.3 Å². The fraction of sp³-hybridized carbons (Fsp3) is 0.526. The van der Waals surface area contributed by atoms with Crippen LogP contribution in [-0.4, -0.2) is 48.0 Å². The van der Waals surface area contributed by atoms with Crippen LogP contribution in [-0.2, 0) is 25.5 Å². The molecular weight excluding hydrogens is 352 g/mol. The zero-order valence-corrected chi connectivity index (χ0v) is 16.6. The molecule has 0 saturated heterocycles.